The minimum Gasteiger partial charge on any atom is -0.370 e. The smallest absolute Gasteiger partial charge is 0.139 e. The molecule has 0 spiro atoms. The van der Waals surface area contributed by atoms with Gasteiger partial charge in [-0.25, -0.2) is 9.97 Å². The number of hydrogen-bond acceptors (Lipinski definition) is 4. The quantitative estimate of drug-likeness (QED) is 0.859. The minimum absolute atomic E-state index is 0.855. The molecule has 0 saturated heterocycles. The number of anilines is 3. The summed E-state index contributed by atoms with van der Waals surface area (Å²) in [7, 11) is 0. The number of hydrogen-bond donors (Lipinski definition) is 2. The van der Waals surface area contributed by atoms with Crippen LogP contribution in [0.5, 0.6) is 0 Å². The van der Waals surface area contributed by atoms with E-state index in [1.165, 1.54) is 5.56 Å². The maximum Gasteiger partial charge on any atom is 0.139 e. The zero-order valence-corrected chi connectivity index (χ0v) is 11.7. The maximum atomic E-state index is 4.37. The highest BCUT2D eigenvalue weighted by Crippen LogP contribution is 2.25. The molecule has 0 saturated carbocycles. The lowest BCUT2D eigenvalue weighted by atomic mass is 10.1. The first-order chi connectivity index (χ1) is 9.26. The van der Waals surface area contributed by atoms with Crippen molar-refractivity contribution in [1.29, 1.82) is 0 Å². The van der Waals surface area contributed by atoms with Crippen LogP contribution in [-0.4, -0.2) is 16.5 Å². The van der Waals surface area contributed by atoms with E-state index in [1.807, 2.05) is 12.1 Å². The van der Waals surface area contributed by atoms with E-state index in [0.29, 0.717) is 0 Å². The van der Waals surface area contributed by atoms with Crippen LogP contribution in [0.1, 0.15) is 25.0 Å². The molecular weight excluding hydrogens is 236 g/mol. The van der Waals surface area contributed by atoms with Gasteiger partial charge in [0.25, 0.3) is 0 Å². The van der Waals surface area contributed by atoms with Gasteiger partial charge in [-0.2, -0.15) is 0 Å². The molecule has 0 amide bonds. The normalized spacial score (nSPS) is 10.3. The SMILES string of the molecule is CCNc1ncnc(Nc2ccccc2C)c1CC. The van der Waals surface area contributed by atoms with E-state index in [4.69, 9.17) is 0 Å². The molecule has 1 heterocycles. The molecule has 1 aromatic carbocycles. The number of para-hydroxylation sites is 1. The van der Waals surface area contributed by atoms with Crippen molar-refractivity contribution in [3.8, 4) is 0 Å². The standard InChI is InChI=1S/C15H20N4/c1-4-12-14(16-5-2)17-10-18-15(12)19-13-9-7-6-8-11(13)3/h6-10H,4-5H2,1-3H3,(H2,16,17,18,19). The highest BCUT2D eigenvalue weighted by atomic mass is 15.1. The summed E-state index contributed by atoms with van der Waals surface area (Å²) in [6.07, 6.45) is 2.48. The summed E-state index contributed by atoms with van der Waals surface area (Å²) in [5, 5.41) is 6.68. The van der Waals surface area contributed by atoms with E-state index < -0.39 is 0 Å². The molecule has 0 unspecified atom stereocenters. The van der Waals surface area contributed by atoms with E-state index in [-0.39, 0.29) is 0 Å². The molecule has 0 aliphatic carbocycles. The zero-order valence-electron chi connectivity index (χ0n) is 11.7. The molecule has 0 aliphatic heterocycles. The van der Waals surface area contributed by atoms with E-state index in [1.54, 1.807) is 6.33 Å². The Kier molecular flexibility index (Phi) is 4.34. The van der Waals surface area contributed by atoms with Crippen molar-refractivity contribution in [2.24, 2.45) is 0 Å². The van der Waals surface area contributed by atoms with Crippen LogP contribution in [0.2, 0.25) is 0 Å². The zero-order chi connectivity index (χ0) is 13.7. The number of benzene rings is 1. The number of aryl methyl sites for hydroxylation is 1. The highest BCUT2D eigenvalue weighted by Gasteiger charge is 2.09. The van der Waals surface area contributed by atoms with Crippen LogP contribution in [-0.2, 0) is 6.42 Å². The number of aromatic nitrogens is 2. The Balaban J connectivity index is 2.35. The molecule has 2 rings (SSSR count). The Hall–Kier alpha value is -2.10. The van der Waals surface area contributed by atoms with Gasteiger partial charge in [0.2, 0.25) is 0 Å². The van der Waals surface area contributed by atoms with Gasteiger partial charge < -0.3 is 10.6 Å². The Morgan fingerprint density at radius 2 is 1.79 bits per heavy atom. The van der Waals surface area contributed by atoms with Crippen LogP contribution in [0, 0.1) is 6.92 Å². The first-order valence-corrected chi connectivity index (χ1v) is 6.66. The predicted molar refractivity (Wildman–Crippen MR) is 80.0 cm³/mol. The second kappa shape index (κ2) is 6.18. The fourth-order valence-corrected chi connectivity index (χ4v) is 2.02. The molecule has 19 heavy (non-hydrogen) atoms. The van der Waals surface area contributed by atoms with Gasteiger partial charge in [-0.15, -0.1) is 0 Å². The first-order valence-electron chi connectivity index (χ1n) is 6.66. The molecule has 0 bridgehead atoms. The molecule has 0 atom stereocenters. The second-order valence-electron chi connectivity index (χ2n) is 4.37. The average molecular weight is 256 g/mol. The summed E-state index contributed by atoms with van der Waals surface area (Å²) in [6, 6.07) is 8.20. The van der Waals surface area contributed by atoms with Gasteiger partial charge in [0.15, 0.2) is 0 Å². The molecule has 4 heteroatoms. The molecular formula is C15H20N4. The van der Waals surface area contributed by atoms with E-state index in [2.05, 4.69) is 53.5 Å². The topological polar surface area (TPSA) is 49.8 Å². The van der Waals surface area contributed by atoms with E-state index in [9.17, 15) is 0 Å². The van der Waals surface area contributed by atoms with Crippen molar-refractivity contribution in [1.82, 2.24) is 9.97 Å². The van der Waals surface area contributed by atoms with Crippen LogP contribution in [0.4, 0.5) is 17.3 Å². The van der Waals surface area contributed by atoms with Crippen LogP contribution >= 0.6 is 0 Å². The second-order valence-corrected chi connectivity index (χ2v) is 4.37. The molecule has 2 aromatic rings. The maximum absolute atomic E-state index is 4.37. The molecule has 0 aliphatic rings. The third-order valence-corrected chi connectivity index (χ3v) is 3.04. The van der Waals surface area contributed by atoms with Crippen molar-refractivity contribution in [2.45, 2.75) is 27.2 Å². The lowest BCUT2D eigenvalue weighted by Gasteiger charge is -2.14. The van der Waals surface area contributed by atoms with Crippen LogP contribution in [0.15, 0.2) is 30.6 Å². The van der Waals surface area contributed by atoms with Gasteiger partial charge in [0, 0.05) is 17.8 Å². The molecule has 2 N–H and O–H groups in total. The van der Waals surface area contributed by atoms with Crippen molar-refractivity contribution >= 4 is 17.3 Å². The van der Waals surface area contributed by atoms with Crippen molar-refractivity contribution in [3.05, 3.63) is 41.7 Å². The van der Waals surface area contributed by atoms with Crippen molar-refractivity contribution in [3.63, 3.8) is 0 Å². The number of nitrogens with zero attached hydrogens (tertiary/aromatic N) is 2. The van der Waals surface area contributed by atoms with Crippen molar-refractivity contribution in [2.75, 3.05) is 17.2 Å². The van der Waals surface area contributed by atoms with Gasteiger partial charge in [-0.3, -0.25) is 0 Å². The minimum atomic E-state index is 0.855. The fraction of sp³-hybridized carbons (Fsp3) is 0.333. The average Bonchev–Trinajstić information content (AvgIpc) is 2.42. The van der Waals surface area contributed by atoms with Crippen LogP contribution in [0.25, 0.3) is 0 Å². The predicted octanol–water partition coefficient (Wildman–Crippen LogP) is 3.52. The Labute approximate surface area is 114 Å². The lowest BCUT2D eigenvalue weighted by Crippen LogP contribution is -2.07. The molecule has 0 fully saturated rings. The summed E-state index contributed by atoms with van der Waals surface area (Å²) < 4.78 is 0. The van der Waals surface area contributed by atoms with Gasteiger partial charge >= 0.3 is 0 Å². The van der Waals surface area contributed by atoms with Crippen molar-refractivity contribution < 1.29 is 0 Å². The molecule has 4 nitrogen and oxygen atoms in total. The lowest BCUT2D eigenvalue weighted by molar-refractivity contribution is 1.03. The Morgan fingerprint density at radius 3 is 2.47 bits per heavy atom. The number of rotatable bonds is 5. The van der Waals surface area contributed by atoms with Gasteiger partial charge in [0.05, 0.1) is 0 Å². The van der Waals surface area contributed by atoms with Gasteiger partial charge in [-0.05, 0) is 31.9 Å². The highest BCUT2D eigenvalue weighted by molar-refractivity contribution is 5.66. The first kappa shape index (κ1) is 13.3. The van der Waals surface area contributed by atoms with E-state index in [0.717, 1.165) is 35.9 Å². The van der Waals surface area contributed by atoms with E-state index >= 15 is 0 Å². The monoisotopic (exact) mass is 256 g/mol. The Bertz CT molecular complexity index is 552. The van der Waals surface area contributed by atoms with Gasteiger partial charge in [0.1, 0.15) is 18.0 Å². The Morgan fingerprint density at radius 1 is 1.05 bits per heavy atom. The number of nitrogens with one attached hydrogen (secondary N) is 2. The molecule has 100 valence electrons. The largest absolute Gasteiger partial charge is 0.370 e. The third kappa shape index (κ3) is 3.02. The third-order valence-electron chi connectivity index (χ3n) is 3.04. The van der Waals surface area contributed by atoms with Crippen LogP contribution in [0.3, 0.4) is 0 Å². The summed E-state index contributed by atoms with van der Waals surface area (Å²) >= 11 is 0. The van der Waals surface area contributed by atoms with Crippen LogP contribution < -0.4 is 10.6 Å². The fourth-order valence-electron chi connectivity index (χ4n) is 2.02. The molecule has 1 aromatic heterocycles. The summed E-state index contributed by atoms with van der Waals surface area (Å²) in [4.78, 5) is 8.67. The molecule has 0 radical (unpaired) electrons. The van der Waals surface area contributed by atoms with Gasteiger partial charge in [-0.1, -0.05) is 25.1 Å². The summed E-state index contributed by atoms with van der Waals surface area (Å²) in [5.74, 6) is 1.79. The summed E-state index contributed by atoms with van der Waals surface area (Å²) in [5.41, 5.74) is 3.40. The summed E-state index contributed by atoms with van der Waals surface area (Å²) in [6.45, 7) is 7.12.